The fourth-order valence-corrected chi connectivity index (χ4v) is 3.33. The molecule has 1 fully saturated rings. The Morgan fingerprint density at radius 3 is 2.65 bits per heavy atom. The van der Waals surface area contributed by atoms with Gasteiger partial charge in [-0.25, -0.2) is 9.18 Å². The smallest absolute Gasteiger partial charge is 0.319 e. The van der Waals surface area contributed by atoms with Gasteiger partial charge >= 0.3 is 6.03 Å². The second-order valence-corrected chi connectivity index (χ2v) is 6.45. The van der Waals surface area contributed by atoms with Gasteiger partial charge in [-0.05, 0) is 30.7 Å². The molecule has 0 saturated carbocycles. The van der Waals surface area contributed by atoms with Gasteiger partial charge in [0.05, 0.1) is 12.1 Å². The number of hydrogen-bond donors (Lipinski definition) is 1. The van der Waals surface area contributed by atoms with Crippen LogP contribution in [0.5, 0.6) is 0 Å². The minimum atomic E-state index is -1.14. The minimum Gasteiger partial charge on any atom is -0.319 e. The first kappa shape index (κ1) is 16.2. The highest BCUT2D eigenvalue weighted by atomic mass is 19.1. The molecule has 0 radical (unpaired) electrons. The summed E-state index contributed by atoms with van der Waals surface area (Å²) in [5, 5.41) is 3.38. The molecule has 1 aromatic heterocycles. The Labute approximate surface area is 149 Å². The Bertz CT molecular complexity index is 1020. The Kier molecular flexibility index (Phi) is 3.68. The van der Waals surface area contributed by atoms with Gasteiger partial charge in [0.2, 0.25) is 0 Å². The highest BCUT2D eigenvalue weighted by molar-refractivity contribution is 6.07. The normalized spacial score (nSPS) is 19.8. The van der Waals surface area contributed by atoms with Gasteiger partial charge in [-0.3, -0.25) is 14.7 Å². The van der Waals surface area contributed by atoms with Crippen LogP contribution in [0.4, 0.5) is 9.18 Å². The summed E-state index contributed by atoms with van der Waals surface area (Å²) in [6.07, 6.45) is 1.60. The topological polar surface area (TPSA) is 62.3 Å². The van der Waals surface area contributed by atoms with E-state index in [0.29, 0.717) is 22.0 Å². The van der Waals surface area contributed by atoms with E-state index in [9.17, 15) is 14.0 Å². The summed E-state index contributed by atoms with van der Waals surface area (Å²) in [6, 6.07) is 14.7. The molecule has 1 saturated heterocycles. The van der Waals surface area contributed by atoms with Crippen molar-refractivity contribution in [3.05, 3.63) is 77.7 Å². The van der Waals surface area contributed by atoms with Gasteiger partial charge in [0, 0.05) is 17.1 Å². The van der Waals surface area contributed by atoms with Crippen molar-refractivity contribution in [2.75, 3.05) is 0 Å². The van der Waals surface area contributed by atoms with Crippen LogP contribution in [0.2, 0.25) is 0 Å². The maximum atomic E-state index is 14.0. The summed E-state index contributed by atoms with van der Waals surface area (Å²) >= 11 is 0. The molecule has 1 aliphatic heterocycles. The molecule has 2 aromatic carbocycles. The number of carbonyl (C=O) groups is 2. The Morgan fingerprint density at radius 1 is 1.12 bits per heavy atom. The number of carbonyl (C=O) groups excluding carboxylic acids is 2. The number of urea groups is 1. The Balaban J connectivity index is 1.72. The van der Waals surface area contributed by atoms with Crippen LogP contribution in [0.25, 0.3) is 10.9 Å². The van der Waals surface area contributed by atoms with Crippen LogP contribution in [0.15, 0.2) is 60.8 Å². The van der Waals surface area contributed by atoms with Crippen LogP contribution in [0, 0.1) is 5.82 Å². The number of aromatic nitrogens is 1. The van der Waals surface area contributed by atoms with Gasteiger partial charge < -0.3 is 5.32 Å². The molecule has 0 aliphatic carbocycles. The van der Waals surface area contributed by atoms with E-state index in [-0.39, 0.29) is 12.5 Å². The van der Waals surface area contributed by atoms with Crippen molar-refractivity contribution in [2.24, 2.45) is 0 Å². The van der Waals surface area contributed by atoms with Crippen molar-refractivity contribution in [1.29, 1.82) is 0 Å². The molecular weight excluding hydrogens is 333 g/mol. The summed E-state index contributed by atoms with van der Waals surface area (Å²) in [7, 11) is 0. The third kappa shape index (κ3) is 2.50. The maximum absolute atomic E-state index is 14.0. The molecule has 6 heteroatoms. The SMILES string of the molecule is C[C@]1(c2ccccc2)NC(=O)N(Cc2cc(F)cc3cccnc23)C1=O. The lowest BCUT2D eigenvalue weighted by Crippen LogP contribution is -2.40. The molecule has 5 nitrogen and oxygen atoms in total. The standard InChI is InChI=1S/C20H16FN3O2/c1-20(15-7-3-2-4-8-15)18(25)24(19(26)23-20)12-14-11-16(21)10-13-6-5-9-22-17(13)14/h2-11H,12H2,1H3,(H,23,26)/t20-/m1/s1. The molecule has 3 aromatic rings. The summed E-state index contributed by atoms with van der Waals surface area (Å²) < 4.78 is 14.0. The van der Waals surface area contributed by atoms with Crippen LogP contribution in [-0.2, 0) is 16.9 Å². The highest BCUT2D eigenvalue weighted by Crippen LogP contribution is 2.30. The number of imide groups is 1. The van der Waals surface area contributed by atoms with Gasteiger partial charge in [0.1, 0.15) is 11.4 Å². The predicted octanol–water partition coefficient (Wildman–Crippen LogP) is 3.34. The lowest BCUT2D eigenvalue weighted by molar-refractivity contribution is -0.131. The minimum absolute atomic E-state index is 0.0433. The van der Waals surface area contributed by atoms with Gasteiger partial charge in [-0.1, -0.05) is 36.4 Å². The average Bonchev–Trinajstić information content (AvgIpc) is 2.86. The van der Waals surface area contributed by atoms with Crippen molar-refractivity contribution >= 4 is 22.8 Å². The van der Waals surface area contributed by atoms with Gasteiger partial charge in [-0.15, -0.1) is 0 Å². The fourth-order valence-electron chi connectivity index (χ4n) is 3.33. The maximum Gasteiger partial charge on any atom is 0.325 e. The zero-order chi connectivity index (χ0) is 18.3. The number of nitrogens with zero attached hydrogens (tertiary/aromatic N) is 2. The molecule has 1 N–H and O–H groups in total. The molecule has 0 bridgehead atoms. The first-order chi connectivity index (χ1) is 12.5. The zero-order valence-electron chi connectivity index (χ0n) is 14.1. The van der Waals surface area contributed by atoms with E-state index in [2.05, 4.69) is 10.3 Å². The van der Waals surface area contributed by atoms with Crippen LogP contribution in [0.3, 0.4) is 0 Å². The average molecular weight is 349 g/mol. The van der Waals surface area contributed by atoms with Crippen molar-refractivity contribution in [2.45, 2.75) is 19.0 Å². The third-order valence-corrected chi connectivity index (χ3v) is 4.70. The molecule has 1 aliphatic rings. The summed E-state index contributed by atoms with van der Waals surface area (Å²) in [5.41, 5.74) is 0.613. The third-order valence-electron chi connectivity index (χ3n) is 4.70. The lowest BCUT2D eigenvalue weighted by Gasteiger charge is -2.22. The largest absolute Gasteiger partial charge is 0.325 e. The van der Waals surface area contributed by atoms with Crippen LogP contribution in [0.1, 0.15) is 18.1 Å². The summed E-state index contributed by atoms with van der Waals surface area (Å²) in [5.74, 6) is -0.805. The van der Waals surface area contributed by atoms with Crippen LogP contribution in [-0.4, -0.2) is 21.8 Å². The van der Waals surface area contributed by atoms with E-state index in [1.807, 2.05) is 18.2 Å². The van der Waals surface area contributed by atoms with E-state index in [1.54, 1.807) is 37.4 Å². The zero-order valence-corrected chi connectivity index (χ0v) is 14.1. The van der Waals surface area contributed by atoms with E-state index < -0.39 is 17.4 Å². The molecule has 0 unspecified atom stereocenters. The molecule has 3 amide bonds. The lowest BCUT2D eigenvalue weighted by atomic mass is 9.92. The number of fused-ring (bicyclic) bond motifs is 1. The first-order valence-corrected chi connectivity index (χ1v) is 8.22. The quantitative estimate of drug-likeness (QED) is 0.738. The Morgan fingerprint density at radius 2 is 1.88 bits per heavy atom. The van der Waals surface area contributed by atoms with E-state index >= 15 is 0 Å². The molecule has 1 atom stereocenters. The number of pyridine rings is 1. The highest BCUT2D eigenvalue weighted by Gasteiger charge is 2.48. The number of nitrogens with one attached hydrogen (secondary N) is 1. The molecule has 2 heterocycles. The fraction of sp³-hybridized carbons (Fsp3) is 0.150. The first-order valence-electron chi connectivity index (χ1n) is 8.22. The monoisotopic (exact) mass is 349 g/mol. The summed E-state index contributed by atoms with van der Waals surface area (Å²) in [6.45, 7) is 1.63. The van der Waals surface area contributed by atoms with Crippen molar-refractivity contribution in [3.8, 4) is 0 Å². The Hall–Kier alpha value is -3.28. The van der Waals surface area contributed by atoms with E-state index in [0.717, 1.165) is 4.90 Å². The number of hydrogen-bond acceptors (Lipinski definition) is 3. The molecule has 130 valence electrons. The van der Waals surface area contributed by atoms with Crippen LogP contribution >= 0.6 is 0 Å². The number of benzene rings is 2. The van der Waals surface area contributed by atoms with Crippen molar-refractivity contribution < 1.29 is 14.0 Å². The molecule has 4 rings (SSSR count). The van der Waals surface area contributed by atoms with Crippen LogP contribution < -0.4 is 5.32 Å². The second-order valence-electron chi connectivity index (χ2n) is 6.45. The van der Waals surface area contributed by atoms with Crippen molar-refractivity contribution in [1.82, 2.24) is 15.2 Å². The number of rotatable bonds is 3. The number of amides is 3. The predicted molar refractivity (Wildman–Crippen MR) is 94.6 cm³/mol. The molecule has 26 heavy (non-hydrogen) atoms. The van der Waals surface area contributed by atoms with Crippen molar-refractivity contribution in [3.63, 3.8) is 0 Å². The van der Waals surface area contributed by atoms with Gasteiger partial charge in [0.15, 0.2) is 0 Å². The molecular formula is C20H16FN3O2. The second kappa shape index (κ2) is 5.91. The van der Waals surface area contributed by atoms with Gasteiger partial charge in [0.25, 0.3) is 5.91 Å². The van der Waals surface area contributed by atoms with E-state index in [4.69, 9.17) is 0 Å². The van der Waals surface area contributed by atoms with Gasteiger partial charge in [-0.2, -0.15) is 0 Å². The molecule has 0 spiro atoms. The number of halogens is 1. The summed E-state index contributed by atoms with van der Waals surface area (Å²) in [4.78, 5) is 30.9. The van der Waals surface area contributed by atoms with E-state index in [1.165, 1.54) is 12.1 Å².